The minimum absolute atomic E-state index is 0.0159. The van der Waals surface area contributed by atoms with E-state index in [4.69, 9.17) is 24.9 Å². The topological polar surface area (TPSA) is 243 Å². The smallest absolute Gasteiger partial charge is 0.330 e. The number of hydrogen-bond donors (Lipinski definition) is 5. The highest BCUT2D eigenvalue weighted by atomic mass is 32.2. The summed E-state index contributed by atoms with van der Waals surface area (Å²) in [6.45, 7) is 6.62. The van der Waals surface area contributed by atoms with Crippen LogP contribution >= 0.6 is 11.8 Å². The molecule has 0 spiro atoms. The zero-order chi connectivity index (χ0) is 62.7. The van der Waals surface area contributed by atoms with Gasteiger partial charge in [0.25, 0.3) is 0 Å². The van der Waals surface area contributed by atoms with E-state index in [0.29, 0.717) is 30.7 Å². The first kappa shape index (κ1) is 73.7. The lowest BCUT2D eigenvalue weighted by molar-refractivity contribution is -0.157. The Morgan fingerprint density at radius 3 is 1.68 bits per heavy atom. The number of nitrogen functional groups attached to an aromatic ring is 1. The molecule has 0 aliphatic carbocycles. The first-order valence-corrected chi connectivity index (χ1v) is 34.7. The third-order valence-electron chi connectivity index (χ3n) is 16.0. The number of benzene rings is 2. The molecule has 87 heavy (non-hydrogen) atoms. The number of unbranched alkanes of at least 4 members (excludes halogenated alkanes) is 25. The second-order valence-corrected chi connectivity index (χ2v) is 24.7. The van der Waals surface area contributed by atoms with Crippen molar-refractivity contribution in [1.29, 1.82) is 0 Å². The van der Waals surface area contributed by atoms with Crippen molar-refractivity contribution in [2.75, 3.05) is 37.6 Å². The molecule has 18 heteroatoms. The van der Waals surface area contributed by atoms with Crippen molar-refractivity contribution in [2.24, 2.45) is 0 Å². The van der Waals surface area contributed by atoms with Crippen LogP contribution in [0.4, 0.5) is 5.82 Å². The highest BCUT2D eigenvalue weighted by Crippen LogP contribution is 2.30. The molecule has 3 atom stereocenters. The number of thioether (sulfide) groups is 1. The number of aliphatic hydroxyl groups is 1. The van der Waals surface area contributed by atoms with Gasteiger partial charge < -0.3 is 45.6 Å². The van der Waals surface area contributed by atoms with Crippen molar-refractivity contribution in [3.63, 3.8) is 0 Å². The molecule has 0 saturated carbocycles. The SMILES string of the molecule is CCCCCCCCCCCCCCCC(=O)OC[C@H](CSCC(NC(=O)CCCC(=O)NCc1ccc(Cn2c(CCCC)nc3c(N)nc4ccccc4c32)cc1)C(=O)N[C@@H](CO)C(=O)OC)OC(=O)CCCCCCCCCCCCCCC. The van der Waals surface area contributed by atoms with Crippen molar-refractivity contribution in [1.82, 2.24) is 30.5 Å². The number of imidazole rings is 1. The maximum absolute atomic E-state index is 13.7. The summed E-state index contributed by atoms with van der Waals surface area (Å²) in [6, 6.07) is 13.4. The number of para-hydroxylation sites is 1. The van der Waals surface area contributed by atoms with Crippen LogP contribution in [0.2, 0.25) is 0 Å². The number of hydrogen-bond acceptors (Lipinski definition) is 14. The van der Waals surface area contributed by atoms with Crippen LogP contribution in [0.3, 0.4) is 0 Å². The quantitative estimate of drug-likeness (QED) is 0.0157. The molecular weight excluding hydrogens is 1120 g/mol. The normalized spacial score (nSPS) is 12.4. The summed E-state index contributed by atoms with van der Waals surface area (Å²) in [4.78, 5) is 88.3. The second kappa shape index (κ2) is 45.5. The number of aliphatic hydroxyl groups excluding tert-OH is 1. The lowest BCUT2D eigenvalue weighted by Gasteiger charge is -2.22. The number of carbonyl (C=O) groups is 6. The fraction of sp³-hybridized carbons (Fsp3) is 0.681. The number of methoxy groups -OCH3 is 1. The lowest BCUT2D eigenvalue weighted by atomic mass is 10.0. The van der Waals surface area contributed by atoms with E-state index in [1.165, 1.54) is 127 Å². The predicted molar refractivity (Wildman–Crippen MR) is 351 cm³/mol. The van der Waals surface area contributed by atoms with E-state index in [-0.39, 0.29) is 68.6 Å². The van der Waals surface area contributed by atoms with Crippen molar-refractivity contribution in [2.45, 2.75) is 270 Å². The minimum atomic E-state index is -1.38. The molecular formula is C69H109N7O10S. The Hall–Kier alpha value is -5.75. The molecule has 0 radical (unpaired) electrons. The maximum atomic E-state index is 13.7. The van der Waals surface area contributed by atoms with Gasteiger partial charge in [0.1, 0.15) is 30.1 Å². The van der Waals surface area contributed by atoms with E-state index in [0.717, 1.165) is 98.3 Å². The molecule has 0 bridgehead atoms. The Morgan fingerprint density at radius 2 is 1.11 bits per heavy atom. The Balaban J connectivity index is 1.27. The highest BCUT2D eigenvalue weighted by Gasteiger charge is 2.28. The molecule has 486 valence electrons. The number of fused-ring (bicyclic) bond motifs is 3. The fourth-order valence-corrected chi connectivity index (χ4v) is 11.8. The largest absolute Gasteiger partial charge is 0.467 e. The Morgan fingerprint density at radius 1 is 0.586 bits per heavy atom. The van der Waals surface area contributed by atoms with Crippen molar-refractivity contribution < 1.29 is 48.1 Å². The summed E-state index contributed by atoms with van der Waals surface area (Å²) in [7, 11) is 1.14. The number of nitrogens with two attached hydrogens (primary N) is 1. The number of nitrogens with one attached hydrogen (secondary N) is 3. The van der Waals surface area contributed by atoms with E-state index in [1.54, 1.807) is 0 Å². The van der Waals surface area contributed by atoms with Crippen LogP contribution in [0.1, 0.15) is 250 Å². The average molecular weight is 1230 g/mol. The van der Waals surface area contributed by atoms with E-state index < -0.39 is 48.5 Å². The van der Waals surface area contributed by atoms with Gasteiger partial charge in [0, 0.05) is 62.1 Å². The number of ether oxygens (including phenoxy) is 3. The molecule has 2 aromatic heterocycles. The molecule has 0 aliphatic heterocycles. The average Bonchev–Trinajstić information content (AvgIpc) is 1.68. The number of rotatable bonds is 51. The lowest BCUT2D eigenvalue weighted by Crippen LogP contribution is -2.54. The van der Waals surface area contributed by atoms with Crippen LogP contribution in [-0.2, 0) is 62.5 Å². The maximum Gasteiger partial charge on any atom is 0.330 e. The number of aromatic nitrogens is 3. The van der Waals surface area contributed by atoms with Gasteiger partial charge in [0.2, 0.25) is 17.7 Å². The van der Waals surface area contributed by atoms with Crippen LogP contribution in [0, 0.1) is 0 Å². The van der Waals surface area contributed by atoms with Crippen LogP contribution in [0.15, 0.2) is 48.5 Å². The fourth-order valence-electron chi connectivity index (χ4n) is 10.8. The molecule has 1 unspecified atom stereocenters. The Labute approximate surface area is 524 Å². The summed E-state index contributed by atoms with van der Waals surface area (Å²) >= 11 is 1.21. The summed E-state index contributed by atoms with van der Waals surface area (Å²) in [5, 5.41) is 19.0. The Bertz CT molecular complexity index is 2600. The van der Waals surface area contributed by atoms with E-state index in [9.17, 15) is 33.9 Å². The number of amides is 3. The molecule has 17 nitrogen and oxygen atoms in total. The van der Waals surface area contributed by atoms with Gasteiger partial charge in [-0.1, -0.05) is 224 Å². The highest BCUT2D eigenvalue weighted by molar-refractivity contribution is 7.99. The van der Waals surface area contributed by atoms with Crippen LogP contribution in [-0.4, -0.2) is 105 Å². The third-order valence-corrected chi connectivity index (χ3v) is 17.2. The van der Waals surface area contributed by atoms with Gasteiger partial charge in [-0.15, -0.1) is 0 Å². The van der Waals surface area contributed by atoms with E-state index in [1.807, 2.05) is 48.5 Å². The number of anilines is 1. The predicted octanol–water partition coefficient (Wildman–Crippen LogP) is 13.6. The van der Waals surface area contributed by atoms with Crippen molar-refractivity contribution in [3.8, 4) is 0 Å². The van der Waals surface area contributed by atoms with E-state index in [2.05, 4.69) is 46.3 Å². The molecule has 0 aliphatic rings. The van der Waals surface area contributed by atoms with Gasteiger partial charge in [0.05, 0.1) is 24.8 Å². The van der Waals surface area contributed by atoms with Crippen LogP contribution < -0.4 is 21.7 Å². The molecule has 2 aromatic carbocycles. The third kappa shape index (κ3) is 30.3. The summed E-state index contributed by atoms with van der Waals surface area (Å²) in [5.74, 6) is -1.62. The summed E-state index contributed by atoms with van der Waals surface area (Å²) < 4.78 is 18.6. The first-order valence-electron chi connectivity index (χ1n) is 33.5. The summed E-state index contributed by atoms with van der Waals surface area (Å²) in [5.41, 5.74) is 10.9. The second-order valence-electron chi connectivity index (χ2n) is 23.6. The van der Waals surface area contributed by atoms with Gasteiger partial charge in [-0.05, 0) is 42.9 Å². The monoisotopic (exact) mass is 1230 g/mol. The minimum Gasteiger partial charge on any atom is -0.467 e. The standard InChI is InChI=1S/C69H109N7O10S/c1-5-8-11-13-15-17-19-21-23-25-27-29-31-41-63(80)85-50-55(86-64(81)42-32-30-28-26-24-22-20-18-16-14-12-9-6-2)51-87-52-59(68(82)74-58(49-77)69(83)84-4)72-62(79)40-35-39-61(78)71-47-53-43-45-54(46-44-53)48-76-60(38-10-7-3)75-65-66(76)56-36-33-34-37-57(56)73-67(65)70/h33-34,36-37,43-46,55,58-59,77H,5-32,35,38-42,47-52H2,1-4H3,(H2,70,73)(H,71,78)(H,72,79)(H,74,82)/t55-,58+,59?/m1/s1. The number of carbonyl (C=O) groups excluding carboxylic acids is 6. The number of pyridine rings is 1. The van der Waals surface area contributed by atoms with Crippen LogP contribution in [0.25, 0.3) is 21.9 Å². The molecule has 0 fully saturated rings. The van der Waals surface area contributed by atoms with Gasteiger partial charge in [0.15, 0.2) is 11.9 Å². The van der Waals surface area contributed by atoms with Gasteiger partial charge in [-0.25, -0.2) is 14.8 Å². The van der Waals surface area contributed by atoms with Crippen molar-refractivity contribution in [3.05, 3.63) is 65.5 Å². The van der Waals surface area contributed by atoms with Crippen LogP contribution in [0.5, 0.6) is 0 Å². The summed E-state index contributed by atoms with van der Waals surface area (Å²) in [6.07, 6.45) is 33.6. The molecule has 4 rings (SSSR count). The van der Waals surface area contributed by atoms with Gasteiger partial charge in [-0.3, -0.25) is 24.0 Å². The van der Waals surface area contributed by atoms with Gasteiger partial charge in [-0.2, -0.15) is 11.8 Å². The molecule has 3 amide bonds. The molecule has 6 N–H and O–H groups in total. The van der Waals surface area contributed by atoms with E-state index >= 15 is 0 Å². The molecule has 0 saturated heterocycles. The zero-order valence-corrected chi connectivity index (χ0v) is 54.4. The first-order chi connectivity index (χ1) is 42.4. The zero-order valence-electron chi connectivity index (χ0n) is 53.6. The number of esters is 3. The van der Waals surface area contributed by atoms with Crippen molar-refractivity contribution >= 4 is 75.1 Å². The Kier molecular flexibility index (Phi) is 38.6. The number of aryl methyl sites for hydroxylation is 1. The number of nitrogens with zero attached hydrogens (tertiary/aromatic N) is 3. The molecule has 4 aromatic rings. The molecule has 2 heterocycles. The van der Waals surface area contributed by atoms with Gasteiger partial charge >= 0.3 is 17.9 Å².